The molecule has 0 fully saturated rings. The van der Waals surface area contributed by atoms with Gasteiger partial charge in [0.1, 0.15) is 5.69 Å². The van der Waals surface area contributed by atoms with Crippen molar-refractivity contribution in [2.24, 2.45) is 0 Å². The zero-order valence-electron chi connectivity index (χ0n) is 9.84. The molecule has 17 heavy (non-hydrogen) atoms. The smallest absolute Gasteiger partial charge is 0.354 e. The van der Waals surface area contributed by atoms with Crippen LogP contribution in [0.25, 0.3) is 11.3 Å². The topological polar surface area (TPSA) is 55.1 Å². The minimum absolute atomic E-state index is 0.228. The van der Waals surface area contributed by atoms with Crippen LogP contribution < -0.4 is 0 Å². The van der Waals surface area contributed by atoms with Crippen LogP contribution in [-0.2, 0) is 6.54 Å². The molecule has 0 saturated heterocycles. The summed E-state index contributed by atoms with van der Waals surface area (Å²) in [5.41, 5.74) is 3.00. The number of hydrogen-bond donors (Lipinski definition) is 1. The first-order valence-corrected chi connectivity index (χ1v) is 5.50. The third-order valence-corrected chi connectivity index (χ3v) is 2.72. The fourth-order valence-electron chi connectivity index (χ4n) is 1.82. The summed E-state index contributed by atoms with van der Waals surface area (Å²) >= 11 is 0. The van der Waals surface area contributed by atoms with Gasteiger partial charge in [-0.1, -0.05) is 24.3 Å². The molecule has 1 N–H and O–H groups in total. The molecule has 4 nitrogen and oxygen atoms in total. The summed E-state index contributed by atoms with van der Waals surface area (Å²) in [7, 11) is 0. The van der Waals surface area contributed by atoms with Gasteiger partial charge in [-0.3, -0.25) is 4.68 Å². The first-order valence-electron chi connectivity index (χ1n) is 5.50. The molecule has 2 aromatic rings. The van der Waals surface area contributed by atoms with Crippen LogP contribution in [-0.4, -0.2) is 20.9 Å². The Balaban J connectivity index is 2.54. The summed E-state index contributed by atoms with van der Waals surface area (Å²) in [4.78, 5) is 11.0. The van der Waals surface area contributed by atoms with E-state index in [0.29, 0.717) is 12.2 Å². The number of aryl methyl sites for hydroxylation is 2. The first-order chi connectivity index (χ1) is 8.13. The maximum atomic E-state index is 11.0. The molecule has 0 bridgehead atoms. The fraction of sp³-hybridized carbons (Fsp3) is 0.231. The molecule has 0 amide bonds. The zero-order valence-corrected chi connectivity index (χ0v) is 9.84. The molecule has 0 aliphatic rings. The zero-order chi connectivity index (χ0) is 12.4. The van der Waals surface area contributed by atoms with E-state index < -0.39 is 5.97 Å². The Labute approximate surface area is 99.5 Å². The summed E-state index contributed by atoms with van der Waals surface area (Å²) in [6.07, 6.45) is 0. The van der Waals surface area contributed by atoms with Crippen molar-refractivity contribution in [2.75, 3.05) is 0 Å². The average molecular weight is 230 g/mol. The van der Waals surface area contributed by atoms with E-state index >= 15 is 0 Å². The summed E-state index contributed by atoms with van der Waals surface area (Å²) in [6.45, 7) is 4.41. The highest BCUT2D eigenvalue weighted by atomic mass is 16.4. The third-order valence-electron chi connectivity index (χ3n) is 2.72. The number of aromatic carboxylic acids is 1. The van der Waals surface area contributed by atoms with Crippen LogP contribution in [0.15, 0.2) is 30.3 Å². The summed E-state index contributed by atoms with van der Waals surface area (Å²) < 4.78 is 1.50. The first kappa shape index (κ1) is 11.4. The number of carboxylic acid groups (broad SMARTS) is 1. The molecule has 0 aliphatic carbocycles. The lowest BCUT2D eigenvalue weighted by Gasteiger charge is -2.01. The predicted molar refractivity (Wildman–Crippen MR) is 65.0 cm³/mol. The quantitative estimate of drug-likeness (QED) is 0.881. The van der Waals surface area contributed by atoms with Gasteiger partial charge < -0.3 is 5.11 Å². The van der Waals surface area contributed by atoms with Gasteiger partial charge in [0.15, 0.2) is 0 Å². The van der Waals surface area contributed by atoms with Crippen LogP contribution in [0.2, 0.25) is 0 Å². The van der Waals surface area contributed by atoms with E-state index in [1.165, 1.54) is 4.68 Å². The van der Waals surface area contributed by atoms with E-state index in [1.54, 1.807) is 6.07 Å². The Hall–Kier alpha value is -2.10. The van der Waals surface area contributed by atoms with Crippen LogP contribution in [0.3, 0.4) is 0 Å². The van der Waals surface area contributed by atoms with E-state index in [1.807, 2.05) is 38.1 Å². The molecule has 0 saturated carbocycles. The average Bonchev–Trinajstić information content (AvgIpc) is 2.73. The number of rotatable bonds is 3. The molecule has 4 heteroatoms. The number of carboxylic acids is 1. The third kappa shape index (κ3) is 2.06. The van der Waals surface area contributed by atoms with E-state index in [2.05, 4.69) is 5.10 Å². The number of benzene rings is 1. The van der Waals surface area contributed by atoms with Gasteiger partial charge in [0.05, 0.1) is 5.69 Å². The molecule has 0 radical (unpaired) electrons. The van der Waals surface area contributed by atoms with Crippen molar-refractivity contribution in [1.82, 2.24) is 9.78 Å². The van der Waals surface area contributed by atoms with Crippen LogP contribution >= 0.6 is 0 Å². The van der Waals surface area contributed by atoms with Crippen molar-refractivity contribution in [3.8, 4) is 11.3 Å². The number of hydrogen-bond acceptors (Lipinski definition) is 2. The van der Waals surface area contributed by atoms with Gasteiger partial charge in [0.2, 0.25) is 0 Å². The van der Waals surface area contributed by atoms with E-state index in [9.17, 15) is 4.79 Å². The lowest BCUT2D eigenvalue weighted by atomic mass is 10.1. The monoisotopic (exact) mass is 230 g/mol. The SMILES string of the molecule is CCn1nc(-c2ccccc2C)cc1C(=O)O. The Morgan fingerprint density at radius 3 is 2.65 bits per heavy atom. The fourth-order valence-corrected chi connectivity index (χ4v) is 1.82. The van der Waals surface area contributed by atoms with Crippen LogP contribution in [0.4, 0.5) is 0 Å². The number of aromatic nitrogens is 2. The standard InChI is InChI=1S/C13H14N2O2/c1-3-15-12(13(16)17)8-11(14-15)10-7-5-4-6-9(10)2/h4-8H,3H2,1-2H3,(H,16,17). The Morgan fingerprint density at radius 1 is 1.41 bits per heavy atom. The lowest BCUT2D eigenvalue weighted by Crippen LogP contribution is -2.08. The Morgan fingerprint density at radius 2 is 2.12 bits per heavy atom. The van der Waals surface area contributed by atoms with Crippen molar-refractivity contribution >= 4 is 5.97 Å². The van der Waals surface area contributed by atoms with E-state index in [0.717, 1.165) is 11.1 Å². The second-order valence-electron chi connectivity index (χ2n) is 3.85. The van der Waals surface area contributed by atoms with Gasteiger partial charge in [-0.15, -0.1) is 0 Å². The highest BCUT2D eigenvalue weighted by Crippen LogP contribution is 2.22. The van der Waals surface area contributed by atoms with Gasteiger partial charge in [-0.25, -0.2) is 4.79 Å². The second kappa shape index (κ2) is 4.41. The van der Waals surface area contributed by atoms with Gasteiger partial charge in [0.25, 0.3) is 0 Å². The highest BCUT2D eigenvalue weighted by Gasteiger charge is 2.14. The number of carbonyl (C=O) groups is 1. The summed E-state index contributed by atoms with van der Waals surface area (Å²) in [6, 6.07) is 9.43. The molecule has 2 rings (SSSR count). The molecule has 88 valence electrons. The second-order valence-corrected chi connectivity index (χ2v) is 3.85. The minimum Gasteiger partial charge on any atom is -0.477 e. The van der Waals surface area contributed by atoms with Crippen molar-refractivity contribution in [1.29, 1.82) is 0 Å². The summed E-state index contributed by atoms with van der Waals surface area (Å²) in [5.74, 6) is -0.945. The van der Waals surface area contributed by atoms with Crippen molar-refractivity contribution < 1.29 is 9.90 Å². The van der Waals surface area contributed by atoms with Crippen molar-refractivity contribution in [3.05, 3.63) is 41.6 Å². The maximum absolute atomic E-state index is 11.0. The minimum atomic E-state index is -0.945. The van der Waals surface area contributed by atoms with Crippen LogP contribution in [0.1, 0.15) is 23.0 Å². The maximum Gasteiger partial charge on any atom is 0.354 e. The lowest BCUT2D eigenvalue weighted by molar-refractivity contribution is 0.0683. The molecule has 0 aliphatic heterocycles. The molecule has 1 aromatic heterocycles. The number of nitrogens with zero attached hydrogens (tertiary/aromatic N) is 2. The normalized spacial score (nSPS) is 10.5. The highest BCUT2D eigenvalue weighted by molar-refractivity contribution is 5.87. The molecule has 1 aromatic carbocycles. The van der Waals surface area contributed by atoms with Crippen LogP contribution in [0, 0.1) is 6.92 Å². The molecular formula is C13H14N2O2. The van der Waals surface area contributed by atoms with Crippen LogP contribution in [0.5, 0.6) is 0 Å². The van der Waals surface area contributed by atoms with E-state index in [4.69, 9.17) is 5.11 Å². The van der Waals surface area contributed by atoms with Crippen molar-refractivity contribution in [3.63, 3.8) is 0 Å². The van der Waals surface area contributed by atoms with E-state index in [-0.39, 0.29) is 5.69 Å². The predicted octanol–water partition coefficient (Wildman–Crippen LogP) is 2.58. The molecular weight excluding hydrogens is 216 g/mol. The largest absolute Gasteiger partial charge is 0.477 e. The Bertz CT molecular complexity index is 558. The summed E-state index contributed by atoms with van der Waals surface area (Å²) in [5, 5.41) is 13.4. The molecule has 0 spiro atoms. The van der Waals surface area contributed by atoms with Gasteiger partial charge in [-0.2, -0.15) is 5.10 Å². The molecule has 0 atom stereocenters. The van der Waals surface area contributed by atoms with Gasteiger partial charge in [-0.05, 0) is 25.5 Å². The molecule has 1 heterocycles. The van der Waals surface area contributed by atoms with Gasteiger partial charge >= 0.3 is 5.97 Å². The Kier molecular flexibility index (Phi) is 2.95. The van der Waals surface area contributed by atoms with Crippen molar-refractivity contribution in [2.45, 2.75) is 20.4 Å². The molecule has 0 unspecified atom stereocenters. The van der Waals surface area contributed by atoms with Gasteiger partial charge in [0, 0.05) is 12.1 Å².